The van der Waals surface area contributed by atoms with Crippen molar-refractivity contribution < 1.29 is 28.9 Å². The second kappa shape index (κ2) is 7.74. The summed E-state index contributed by atoms with van der Waals surface area (Å²) in [6.45, 7) is -0.566. The largest absolute Gasteiger partial charge is 0.491 e. The lowest BCUT2D eigenvalue weighted by atomic mass is 9.96. The zero-order valence-electron chi connectivity index (χ0n) is 16.1. The molecule has 0 spiro atoms. The Morgan fingerprint density at radius 3 is 2.67 bits per heavy atom. The molecule has 1 aliphatic heterocycles. The van der Waals surface area contributed by atoms with Crippen LogP contribution >= 0.6 is 0 Å². The van der Waals surface area contributed by atoms with E-state index in [1.807, 2.05) is 0 Å². The van der Waals surface area contributed by atoms with Crippen molar-refractivity contribution in [1.82, 2.24) is 9.88 Å². The summed E-state index contributed by atoms with van der Waals surface area (Å²) in [6.07, 6.45) is 0.653. The third kappa shape index (κ3) is 3.47. The van der Waals surface area contributed by atoms with Gasteiger partial charge in [0.05, 0.1) is 17.8 Å². The van der Waals surface area contributed by atoms with Crippen molar-refractivity contribution in [3.8, 4) is 5.75 Å². The summed E-state index contributed by atoms with van der Waals surface area (Å²) in [5.41, 5.74) is 1.93. The van der Waals surface area contributed by atoms with Gasteiger partial charge in [-0.25, -0.2) is 4.39 Å². The highest BCUT2D eigenvalue weighted by Gasteiger charge is 2.34. The van der Waals surface area contributed by atoms with Crippen LogP contribution in [0.3, 0.4) is 0 Å². The summed E-state index contributed by atoms with van der Waals surface area (Å²) in [7, 11) is 1.78. The summed E-state index contributed by atoms with van der Waals surface area (Å²) in [5, 5.41) is 21.2. The first-order chi connectivity index (χ1) is 14.4. The zero-order valence-corrected chi connectivity index (χ0v) is 16.1. The van der Waals surface area contributed by atoms with E-state index in [2.05, 4.69) is 5.32 Å². The first kappa shape index (κ1) is 19.8. The van der Waals surface area contributed by atoms with Crippen molar-refractivity contribution in [2.45, 2.75) is 6.10 Å². The van der Waals surface area contributed by atoms with Gasteiger partial charge in [0, 0.05) is 29.7 Å². The molecule has 3 N–H and O–H groups in total. The Morgan fingerprint density at radius 1 is 1.13 bits per heavy atom. The number of fused-ring (bicyclic) bond motifs is 1. The van der Waals surface area contributed by atoms with Crippen molar-refractivity contribution in [2.75, 3.05) is 13.2 Å². The molecule has 0 saturated heterocycles. The minimum absolute atomic E-state index is 0.125. The average molecular weight is 410 g/mol. The van der Waals surface area contributed by atoms with Gasteiger partial charge in [-0.1, -0.05) is 12.1 Å². The summed E-state index contributed by atoms with van der Waals surface area (Å²) in [4.78, 5) is 25.3. The summed E-state index contributed by atoms with van der Waals surface area (Å²) in [6, 6.07) is 10.8. The van der Waals surface area contributed by atoms with E-state index in [0.29, 0.717) is 22.3 Å². The van der Waals surface area contributed by atoms with Crippen molar-refractivity contribution in [3.05, 3.63) is 65.6 Å². The second-order valence-corrected chi connectivity index (χ2v) is 7.02. The monoisotopic (exact) mass is 410 g/mol. The molecule has 7 nitrogen and oxygen atoms in total. The molecule has 3 aromatic rings. The summed E-state index contributed by atoms with van der Waals surface area (Å²) >= 11 is 0. The van der Waals surface area contributed by atoms with E-state index < -0.39 is 30.3 Å². The van der Waals surface area contributed by atoms with Crippen molar-refractivity contribution in [2.24, 2.45) is 7.05 Å². The number of ether oxygens (including phenoxy) is 1. The topological polar surface area (TPSA) is 101 Å². The fraction of sp³-hybridized carbons (Fsp3) is 0.182. The van der Waals surface area contributed by atoms with Crippen LogP contribution in [0.2, 0.25) is 0 Å². The average Bonchev–Trinajstić information content (AvgIpc) is 3.20. The minimum Gasteiger partial charge on any atom is -0.491 e. The Balaban J connectivity index is 1.85. The van der Waals surface area contributed by atoms with Crippen LogP contribution in [-0.2, 0) is 16.6 Å². The Labute approximate surface area is 171 Å². The number of hydrogen-bond acceptors (Lipinski definition) is 5. The number of aromatic nitrogens is 1. The highest BCUT2D eigenvalue weighted by atomic mass is 19.1. The van der Waals surface area contributed by atoms with Crippen molar-refractivity contribution >= 4 is 33.9 Å². The van der Waals surface area contributed by atoms with Gasteiger partial charge < -0.3 is 19.5 Å². The van der Waals surface area contributed by atoms with E-state index in [4.69, 9.17) is 9.84 Å². The first-order valence-electron chi connectivity index (χ1n) is 9.26. The van der Waals surface area contributed by atoms with E-state index in [1.165, 1.54) is 12.1 Å². The number of nitrogens with zero attached hydrogens (tertiary/aromatic N) is 1. The molecular weight excluding hydrogens is 391 g/mol. The van der Waals surface area contributed by atoms with E-state index in [-0.39, 0.29) is 17.8 Å². The Kier molecular flexibility index (Phi) is 5.11. The number of hydrogen-bond donors (Lipinski definition) is 3. The SMILES string of the molecule is Cn1cc(C2=C(c3cccc(OC[C@H](O)CO)c3)C(=O)NC2=O)c2cc(F)ccc21. The van der Waals surface area contributed by atoms with E-state index in [0.717, 1.165) is 5.52 Å². The van der Waals surface area contributed by atoms with E-state index in [1.54, 1.807) is 48.1 Å². The van der Waals surface area contributed by atoms with Crippen LogP contribution in [-0.4, -0.2) is 45.9 Å². The molecule has 0 saturated carbocycles. The predicted octanol–water partition coefficient (Wildman–Crippen LogP) is 1.62. The fourth-order valence-electron chi connectivity index (χ4n) is 3.54. The number of imide groups is 1. The summed E-state index contributed by atoms with van der Waals surface area (Å²) in [5.74, 6) is -1.20. The number of aliphatic hydroxyl groups excluding tert-OH is 2. The lowest BCUT2D eigenvalue weighted by molar-refractivity contribution is -0.122. The molecule has 1 atom stereocenters. The van der Waals surface area contributed by atoms with E-state index >= 15 is 0 Å². The number of aliphatic hydroxyl groups is 2. The molecular formula is C22H19FN2O5. The standard InChI is InChI=1S/C22H19FN2O5/c1-25-9-17(16-8-13(23)5-6-18(16)25)20-19(21(28)24-22(20)29)12-3-2-4-15(7-12)30-11-14(27)10-26/h2-9,14,26-27H,10-11H2,1H3,(H,24,28,29)/t14-/m1/s1. The highest BCUT2D eigenvalue weighted by Crippen LogP contribution is 2.36. The molecule has 8 heteroatoms. The van der Waals surface area contributed by atoms with Crippen LogP contribution in [0.5, 0.6) is 5.75 Å². The third-order valence-corrected chi connectivity index (χ3v) is 4.93. The van der Waals surface area contributed by atoms with Gasteiger partial charge in [-0.2, -0.15) is 0 Å². The number of amides is 2. The molecule has 2 heterocycles. The van der Waals surface area contributed by atoms with Crippen LogP contribution in [0.1, 0.15) is 11.1 Å². The Bertz CT molecular complexity index is 1200. The molecule has 2 amide bonds. The highest BCUT2D eigenvalue weighted by molar-refractivity contribution is 6.50. The fourth-order valence-corrected chi connectivity index (χ4v) is 3.54. The maximum absolute atomic E-state index is 13.9. The normalized spacial score (nSPS) is 15.1. The maximum atomic E-state index is 13.9. The summed E-state index contributed by atoms with van der Waals surface area (Å²) < 4.78 is 21.1. The molecule has 154 valence electrons. The van der Waals surface area contributed by atoms with Gasteiger partial charge in [0.2, 0.25) is 0 Å². The number of carbonyl (C=O) groups excluding carboxylic acids is 2. The van der Waals surface area contributed by atoms with Crippen molar-refractivity contribution in [3.63, 3.8) is 0 Å². The van der Waals surface area contributed by atoms with Gasteiger partial charge in [-0.15, -0.1) is 0 Å². The van der Waals surface area contributed by atoms with Crippen LogP contribution < -0.4 is 10.1 Å². The molecule has 1 aliphatic rings. The second-order valence-electron chi connectivity index (χ2n) is 7.02. The van der Waals surface area contributed by atoms with Gasteiger partial charge in [-0.05, 0) is 35.9 Å². The molecule has 1 aromatic heterocycles. The van der Waals surface area contributed by atoms with Crippen LogP contribution in [0, 0.1) is 5.82 Å². The lowest BCUT2D eigenvalue weighted by Crippen LogP contribution is -2.22. The maximum Gasteiger partial charge on any atom is 0.259 e. The number of nitrogens with one attached hydrogen (secondary N) is 1. The number of halogens is 1. The smallest absolute Gasteiger partial charge is 0.259 e. The number of benzene rings is 2. The molecule has 4 rings (SSSR count). The van der Waals surface area contributed by atoms with Crippen LogP contribution in [0.4, 0.5) is 4.39 Å². The van der Waals surface area contributed by atoms with Crippen LogP contribution in [0.25, 0.3) is 22.0 Å². The van der Waals surface area contributed by atoms with Gasteiger partial charge in [0.1, 0.15) is 24.3 Å². The zero-order chi connectivity index (χ0) is 21.4. The van der Waals surface area contributed by atoms with Gasteiger partial charge >= 0.3 is 0 Å². The van der Waals surface area contributed by atoms with Crippen molar-refractivity contribution in [1.29, 1.82) is 0 Å². The van der Waals surface area contributed by atoms with E-state index in [9.17, 15) is 19.1 Å². The molecule has 0 radical (unpaired) electrons. The molecule has 2 aromatic carbocycles. The Morgan fingerprint density at radius 2 is 1.90 bits per heavy atom. The molecule has 0 fully saturated rings. The number of rotatable bonds is 6. The first-order valence-corrected chi connectivity index (χ1v) is 9.26. The molecule has 0 aliphatic carbocycles. The van der Waals surface area contributed by atoms with Gasteiger partial charge in [0.15, 0.2) is 0 Å². The lowest BCUT2D eigenvalue weighted by Gasteiger charge is -2.11. The molecule has 0 bridgehead atoms. The quantitative estimate of drug-likeness (QED) is 0.536. The minimum atomic E-state index is -1.04. The third-order valence-electron chi connectivity index (χ3n) is 4.93. The van der Waals surface area contributed by atoms with Crippen LogP contribution in [0.15, 0.2) is 48.7 Å². The number of aryl methyl sites for hydroxylation is 1. The molecule has 30 heavy (non-hydrogen) atoms. The molecule has 0 unspecified atom stereocenters. The Hall–Kier alpha value is -3.49. The van der Waals surface area contributed by atoms with Gasteiger partial charge in [-0.3, -0.25) is 14.9 Å². The number of carbonyl (C=O) groups is 2. The predicted molar refractivity (Wildman–Crippen MR) is 108 cm³/mol. The van der Waals surface area contributed by atoms with Gasteiger partial charge in [0.25, 0.3) is 11.8 Å².